The molecule has 0 unspecified atom stereocenters. The van der Waals surface area contributed by atoms with E-state index in [2.05, 4.69) is 20.2 Å². The first-order valence-corrected chi connectivity index (χ1v) is 8.19. The Kier molecular flexibility index (Phi) is 4.43. The third-order valence-electron chi connectivity index (χ3n) is 3.34. The highest BCUT2D eigenvalue weighted by atomic mass is 32.1. The van der Waals surface area contributed by atoms with Crippen molar-refractivity contribution in [1.82, 2.24) is 14.9 Å². The number of nitrogens with one attached hydrogen (secondary N) is 2. The minimum absolute atomic E-state index is 0.223. The van der Waals surface area contributed by atoms with E-state index in [1.54, 1.807) is 11.3 Å². The second-order valence-corrected chi connectivity index (χ2v) is 6.18. The molecule has 3 aromatic rings. The van der Waals surface area contributed by atoms with Gasteiger partial charge in [-0.15, -0.1) is 11.3 Å². The standard InChI is InChI=1S/C17H18N4OS/c1-12-9-15(10-13(2)19-12)20-17(22)18-11-14-5-8-23-16(14)21-6-3-4-7-21/h3-10H,11H2,1-2H3,(H2,18,19,20,22). The number of aromatic nitrogens is 2. The van der Waals surface area contributed by atoms with E-state index >= 15 is 0 Å². The van der Waals surface area contributed by atoms with Crippen molar-refractivity contribution in [2.24, 2.45) is 0 Å². The number of hydrogen-bond donors (Lipinski definition) is 2. The molecule has 6 heteroatoms. The maximum atomic E-state index is 12.1. The van der Waals surface area contributed by atoms with Crippen LogP contribution < -0.4 is 10.6 Å². The summed E-state index contributed by atoms with van der Waals surface area (Å²) < 4.78 is 2.05. The van der Waals surface area contributed by atoms with E-state index in [4.69, 9.17) is 0 Å². The van der Waals surface area contributed by atoms with Crippen LogP contribution in [0.5, 0.6) is 0 Å². The SMILES string of the molecule is Cc1cc(NC(=O)NCc2ccsc2-n2cccc2)cc(C)n1. The second-order valence-electron chi connectivity index (χ2n) is 5.29. The van der Waals surface area contributed by atoms with Crippen LogP contribution in [-0.2, 0) is 6.54 Å². The molecule has 0 aliphatic heterocycles. The molecule has 5 nitrogen and oxygen atoms in total. The van der Waals surface area contributed by atoms with Crippen LogP contribution >= 0.6 is 11.3 Å². The number of carbonyl (C=O) groups excluding carboxylic acids is 1. The van der Waals surface area contributed by atoms with Crippen LogP contribution in [0.25, 0.3) is 5.00 Å². The number of urea groups is 1. The van der Waals surface area contributed by atoms with Gasteiger partial charge in [-0.1, -0.05) is 0 Å². The Balaban J connectivity index is 1.63. The molecule has 118 valence electrons. The fraction of sp³-hybridized carbons (Fsp3) is 0.176. The zero-order chi connectivity index (χ0) is 16.2. The lowest BCUT2D eigenvalue weighted by Crippen LogP contribution is -2.28. The fourth-order valence-corrected chi connectivity index (χ4v) is 3.31. The molecule has 0 aliphatic rings. The Morgan fingerprint density at radius 3 is 2.61 bits per heavy atom. The molecule has 2 N–H and O–H groups in total. The molecule has 0 radical (unpaired) electrons. The molecule has 0 aromatic carbocycles. The fourth-order valence-electron chi connectivity index (χ4n) is 2.42. The van der Waals surface area contributed by atoms with E-state index in [9.17, 15) is 4.79 Å². The predicted octanol–water partition coefficient (Wildman–Crippen LogP) is 3.87. The maximum Gasteiger partial charge on any atom is 0.319 e. The molecule has 0 saturated heterocycles. The first-order valence-electron chi connectivity index (χ1n) is 7.31. The van der Waals surface area contributed by atoms with Gasteiger partial charge in [0, 0.05) is 41.6 Å². The average Bonchev–Trinajstić information content (AvgIpc) is 3.15. The average molecular weight is 326 g/mol. The van der Waals surface area contributed by atoms with Crippen LogP contribution in [0.15, 0.2) is 48.1 Å². The number of nitrogens with zero attached hydrogens (tertiary/aromatic N) is 2. The minimum atomic E-state index is -0.223. The number of hydrogen-bond acceptors (Lipinski definition) is 3. The monoisotopic (exact) mass is 326 g/mol. The van der Waals surface area contributed by atoms with Crippen LogP contribution in [0.1, 0.15) is 17.0 Å². The highest BCUT2D eigenvalue weighted by Crippen LogP contribution is 2.21. The van der Waals surface area contributed by atoms with Gasteiger partial charge in [-0.05, 0) is 49.6 Å². The van der Waals surface area contributed by atoms with Gasteiger partial charge >= 0.3 is 6.03 Å². The summed E-state index contributed by atoms with van der Waals surface area (Å²) in [6, 6.07) is 9.47. The molecule has 0 atom stereocenters. The first kappa shape index (κ1) is 15.3. The van der Waals surface area contributed by atoms with Crippen molar-refractivity contribution < 1.29 is 4.79 Å². The van der Waals surface area contributed by atoms with Crippen molar-refractivity contribution in [3.05, 3.63) is 65.1 Å². The first-order chi connectivity index (χ1) is 11.1. The number of rotatable bonds is 4. The lowest BCUT2D eigenvalue weighted by molar-refractivity contribution is 0.252. The van der Waals surface area contributed by atoms with Crippen molar-refractivity contribution in [1.29, 1.82) is 0 Å². The number of thiophene rings is 1. The van der Waals surface area contributed by atoms with Crippen LogP contribution in [0.4, 0.5) is 10.5 Å². The van der Waals surface area contributed by atoms with E-state index in [0.717, 1.165) is 27.6 Å². The van der Waals surface area contributed by atoms with E-state index in [-0.39, 0.29) is 6.03 Å². The molecule has 0 saturated carbocycles. The second kappa shape index (κ2) is 6.66. The van der Waals surface area contributed by atoms with E-state index < -0.39 is 0 Å². The zero-order valence-electron chi connectivity index (χ0n) is 13.0. The minimum Gasteiger partial charge on any atom is -0.334 e. The topological polar surface area (TPSA) is 59.0 Å². The Labute approximate surface area is 139 Å². The number of aryl methyl sites for hydroxylation is 2. The molecular weight excluding hydrogens is 308 g/mol. The summed E-state index contributed by atoms with van der Waals surface area (Å²) in [7, 11) is 0. The molecule has 0 fully saturated rings. The van der Waals surface area contributed by atoms with Gasteiger partial charge in [-0.2, -0.15) is 0 Å². The summed E-state index contributed by atoms with van der Waals surface area (Å²) in [4.78, 5) is 16.4. The van der Waals surface area contributed by atoms with Gasteiger partial charge in [0.25, 0.3) is 0 Å². The maximum absolute atomic E-state index is 12.1. The normalized spacial score (nSPS) is 10.5. The molecular formula is C17H18N4OS. The van der Waals surface area contributed by atoms with E-state index in [1.807, 2.05) is 62.0 Å². The zero-order valence-corrected chi connectivity index (χ0v) is 13.9. The number of anilines is 1. The summed E-state index contributed by atoms with van der Waals surface area (Å²) >= 11 is 1.65. The lowest BCUT2D eigenvalue weighted by atomic mass is 10.3. The van der Waals surface area contributed by atoms with Crippen molar-refractivity contribution in [2.45, 2.75) is 20.4 Å². The number of pyridine rings is 1. The van der Waals surface area contributed by atoms with Crippen molar-refractivity contribution in [2.75, 3.05) is 5.32 Å². The molecule has 2 amide bonds. The highest BCUT2D eigenvalue weighted by molar-refractivity contribution is 7.12. The summed E-state index contributed by atoms with van der Waals surface area (Å²) in [5.41, 5.74) is 3.60. The van der Waals surface area contributed by atoms with Crippen molar-refractivity contribution in [3.8, 4) is 5.00 Å². The Bertz CT molecular complexity index is 788. The quantitative estimate of drug-likeness (QED) is 0.764. The Hall–Kier alpha value is -2.60. The Morgan fingerprint density at radius 2 is 1.91 bits per heavy atom. The molecule has 0 bridgehead atoms. The van der Waals surface area contributed by atoms with Gasteiger partial charge in [0.1, 0.15) is 5.00 Å². The van der Waals surface area contributed by atoms with Gasteiger partial charge in [0.2, 0.25) is 0 Å². The van der Waals surface area contributed by atoms with Gasteiger partial charge in [-0.25, -0.2) is 4.79 Å². The van der Waals surface area contributed by atoms with Crippen LogP contribution in [0, 0.1) is 13.8 Å². The van der Waals surface area contributed by atoms with Gasteiger partial charge < -0.3 is 15.2 Å². The van der Waals surface area contributed by atoms with Crippen molar-refractivity contribution >= 4 is 23.1 Å². The summed E-state index contributed by atoms with van der Waals surface area (Å²) in [5.74, 6) is 0. The van der Waals surface area contributed by atoms with Crippen LogP contribution in [-0.4, -0.2) is 15.6 Å². The molecule has 23 heavy (non-hydrogen) atoms. The third kappa shape index (κ3) is 3.78. The molecule has 0 spiro atoms. The van der Waals surface area contributed by atoms with Crippen LogP contribution in [0.3, 0.4) is 0 Å². The van der Waals surface area contributed by atoms with E-state index in [1.165, 1.54) is 0 Å². The lowest BCUT2D eigenvalue weighted by Gasteiger charge is -2.10. The van der Waals surface area contributed by atoms with Gasteiger partial charge in [-0.3, -0.25) is 4.98 Å². The number of amides is 2. The smallest absolute Gasteiger partial charge is 0.319 e. The van der Waals surface area contributed by atoms with Crippen LogP contribution in [0.2, 0.25) is 0 Å². The largest absolute Gasteiger partial charge is 0.334 e. The third-order valence-corrected chi connectivity index (χ3v) is 4.31. The van der Waals surface area contributed by atoms with Crippen molar-refractivity contribution in [3.63, 3.8) is 0 Å². The summed E-state index contributed by atoms with van der Waals surface area (Å²) in [5, 5.41) is 8.89. The Morgan fingerprint density at radius 1 is 1.22 bits per heavy atom. The summed E-state index contributed by atoms with van der Waals surface area (Å²) in [6.07, 6.45) is 4.00. The molecule has 0 aliphatic carbocycles. The molecule has 3 aromatic heterocycles. The molecule has 3 heterocycles. The van der Waals surface area contributed by atoms with Gasteiger partial charge in [0.05, 0.1) is 0 Å². The van der Waals surface area contributed by atoms with E-state index in [0.29, 0.717) is 6.54 Å². The number of carbonyl (C=O) groups is 1. The predicted molar refractivity (Wildman–Crippen MR) is 93.2 cm³/mol. The highest BCUT2D eigenvalue weighted by Gasteiger charge is 2.08. The van der Waals surface area contributed by atoms with Gasteiger partial charge in [0.15, 0.2) is 0 Å². The molecule has 3 rings (SSSR count). The summed E-state index contributed by atoms with van der Waals surface area (Å²) in [6.45, 7) is 4.29.